The highest BCUT2D eigenvalue weighted by Gasteiger charge is 2.10. The molecule has 2 rings (SSSR count). The number of carbonyl (C=O) groups is 1. The van der Waals surface area contributed by atoms with Gasteiger partial charge in [-0.3, -0.25) is 4.40 Å². The third-order valence-corrected chi connectivity index (χ3v) is 1.66. The van der Waals surface area contributed by atoms with Crippen molar-refractivity contribution in [3.63, 3.8) is 0 Å². The van der Waals surface area contributed by atoms with Gasteiger partial charge in [-0.2, -0.15) is 4.39 Å². The molecular weight excluding hydrogens is 175 g/mol. The molecule has 5 heteroatoms. The zero-order valence-electron chi connectivity index (χ0n) is 6.40. The number of carbonyl (C=O) groups excluding carboxylic acids is 1. The number of nitrogens with zero attached hydrogens (tertiary/aromatic N) is 2. The summed E-state index contributed by atoms with van der Waals surface area (Å²) in [5, 5.41) is 10.4. The van der Waals surface area contributed by atoms with Gasteiger partial charge in [-0.15, -0.1) is 0 Å². The second-order valence-electron chi connectivity index (χ2n) is 2.47. The third kappa shape index (κ3) is 1.05. The number of carboxylic acids is 1. The van der Waals surface area contributed by atoms with Crippen LogP contribution in [0.25, 0.3) is 5.65 Å². The van der Waals surface area contributed by atoms with Crippen molar-refractivity contribution in [3.05, 3.63) is 36.0 Å². The van der Waals surface area contributed by atoms with E-state index in [-0.39, 0.29) is 5.65 Å². The molecule has 0 radical (unpaired) electrons. The molecule has 0 saturated carbocycles. The van der Waals surface area contributed by atoms with Gasteiger partial charge in [0.05, 0.1) is 5.97 Å². The Bertz CT molecular complexity index is 478. The van der Waals surface area contributed by atoms with Gasteiger partial charge in [0.2, 0.25) is 5.95 Å². The molecule has 0 spiro atoms. The number of pyridine rings is 1. The van der Waals surface area contributed by atoms with Crippen molar-refractivity contribution in [2.24, 2.45) is 0 Å². The predicted molar refractivity (Wildman–Crippen MR) is 39.5 cm³/mol. The topological polar surface area (TPSA) is 57.4 Å². The van der Waals surface area contributed by atoms with Crippen LogP contribution >= 0.6 is 0 Å². The molecule has 0 amide bonds. The maximum absolute atomic E-state index is 13.2. The molecule has 2 aromatic heterocycles. The van der Waals surface area contributed by atoms with Gasteiger partial charge in [0, 0.05) is 6.20 Å². The lowest BCUT2D eigenvalue weighted by molar-refractivity contribution is -0.255. The summed E-state index contributed by atoms with van der Waals surface area (Å²) < 4.78 is 14.2. The molecule has 4 nitrogen and oxygen atoms in total. The number of aromatic nitrogens is 2. The van der Waals surface area contributed by atoms with Gasteiger partial charge in [0.1, 0.15) is 11.3 Å². The van der Waals surface area contributed by atoms with Crippen molar-refractivity contribution < 1.29 is 14.3 Å². The van der Waals surface area contributed by atoms with Crippen LogP contribution in [0.15, 0.2) is 24.4 Å². The van der Waals surface area contributed by atoms with Crippen molar-refractivity contribution in [3.8, 4) is 0 Å². The van der Waals surface area contributed by atoms with Crippen LogP contribution in [0.5, 0.6) is 0 Å². The van der Waals surface area contributed by atoms with Crippen LogP contribution in [0.4, 0.5) is 4.39 Å². The predicted octanol–water partition coefficient (Wildman–Crippen LogP) is -0.163. The third-order valence-electron chi connectivity index (χ3n) is 1.66. The van der Waals surface area contributed by atoms with Gasteiger partial charge in [0.15, 0.2) is 0 Å². The summed E-state index contributed by atoms with van der Waals surface area (Å²) in [5.74, 6) is -2.52. The average Bonchev–Trinajstić information content (AvgIpc) is 2.45. The average molecular weight is 179 g/mol. The van der Waals surface area contributed by atoms with E-state index in [0.29, 0.717) is 0 Å². The van der Waals surface area contributed by atoms with Crippen molar-refractivity contribution >= 4 is 11.6 Å². The highest BCUT2D eigenvalue weighted by Crippen LogP contribution is 2.09. The minimum atomic E-state index is -1.61. The quantitative estimate of drug-likeness (QED) is 0.611. The van der Waals surface area contributed by atoms with Crippen molar-refractivity contribution in [2.75, 3.05) is 0 Å². The van der Waals surface area contributed by atoms with Crippen LogP contribution in [-0.2, 0) is 0 Å². The number of hydrogen-bond acceptors (Lipinski definition) is 3. The molecule has 0 saturated heterocycles. The Morgan fingerprint density at radius 2 is 2.31 bits per heavy atom. The summed E-state index contributed by atoms with van der Waals surface area (Å²) in [6, 6.07) is 4.73. The lowest BCUT2D eigenvalue weighted by Crippen LogP contribution is -2.23. The number of imidazole rings is 1. The van der Waals surface area contributed by atoms with E-state index in [2.05, 4.69) is 4.98 Å². The van der Waals surface area contributed by atoms with Gasteiger partial charge < -0.3 is 9.90 Å². The fraction of sp³-hybridized carbons (Fsp3) is 0. The van der Waals surface area contributed by atoms with Gasteiger partial charge in [-0.25, -0.2) is 4.98 Å². The first-order chi connectivity index (χ1) is 6.20. The number of fused-ring (bicyclic) bond motifs is 1. The Morgan fingerprint density at radius 3 is 2.92 bits per heavy atom. The molecule has 0 aromatic carbocycles. The summed E-state index contributed by atoms with van der Waals surface area (Å²) in [5.41, 5.74) is -0.412. The summed E-state index contributed by atoms with van der Waals surface area (Å²) >= 11 is 0. The molecular formula is C8H4FN2O2-. The second-order valence-corrected chi connectivity index (χ2v) is 2.47. The van der Waals surface area contributed by atoms with Crippen LogP contribution in [0.1, 0.15) is 10.5 Å². The normalized spacial score (nSPS) is 10.5. The van der Waals surface area contributed by atoms with Crippen LogP contribution in [-0.4, -0.2) is 15.4 Å². The Labute approximate surface area is 72.3 Å². The summed E-state index contributed by atoms with van der Waals surface area (Å²) in [7, 11) is 0. The first kappa shape index (κ1) is 7.72. The van der Waals surface area contributed by atoms with Gasteiger partial charge in [-0.1, -0.05) is 6.07 Å². The number of halogens is 1. The summed E-state index contributed by atoms with van der Waals surface area (Å²) in [4.78, 5) is 13.9. The molecule has 0 N–H and O–H groups in total. The first-order valence-corrected chi connectivity index (χ1v) is 3.54. The van der Waals surface area contributed by atoms with Crippen LogP contribution < -0.4 is 5.11 Å². The number of hydrogen-bond donors (Lipinski definition) is 0. The Hall–Kier alpha value is -1.91. The lowest BCUT2D eigenvalue weighted by atomic mass is 10.5. The van der Waals surface area contributed by atoms with Crippen molar-refractivity contribution in [2.45, 2.75) is 0 Å². The first-order valence-electron chi connectivity index (χ1n) is 3.54. The minimum absolute atomic E-state index is 0.249. The van der Waals surface area contributed by atoms with Crippen LogP contribution in [0.3, 0.4) is 0 Å². The number of rotatable bonds is 1. The van der Waals surface area contributed by atoms with E-state index in [1.807, 2.05) is 0 Å². The van der Waals surface area contributed by atoms with E-state index in [9.17, 15) is 14.3 Å². The summed E-state index contributed by atoms with van der Waals surface area (Å²) in [6.07, 6.45) is 1.39. The highest BCUT2D eigenvalue weighted by molar-refractivity contribution is 5.84. The molecule has 66 valence electrons. The van der Waals surface area contributed by atoms with E-state index in [1.54, 1.807) is 12.1 Å². The maximum atomic E-state index is 13.2. The fourth-order valence-corrected chi connectivity index (χ4v) is 1.10. The maximum Gasteiger partial charge on any atom is 0.227 e. The van der Waals surface area contributed by atoms with E-state index >= 15 is 0 Å². The Kier molecular flexibility index (Phi) is 1.51. The SMILES string of the molecule is O=C([O-])c1nc2ccccn2c1F. The largest absolute Gasteiger partial charge is 0.543 e. The highest BCUT2D eigenvalue weighted by atomic mass is 19.1. The monoisotopic (exact) mass is 179 g/mol. The molecule has 2 aromatic rings. The van der Waals surface area contributed by atoms with Crippen molar-refractivity contribution in [1.82, 2.24) is 9.38 Å². The molecule has 0 aliphatic rings. The number of carboxylic acid groups (broad SMARTS) is 1. The van der Waals surface area contributed by atoms with Gasteiger partial charge in [0.25, 0.3) is 0 Å². The summed E-state index contributed by atoms with van der Waals surface area (Å²) in [6.45, 7) is 0. The molecule has 2 heterocycles. The molecule has 0 unspecified atom stereocenters. The molecule has 0 fully saturated rings. The van der Waals surface area contributed by atoms with Crippen LogP contribution in [0.2, 0.25) is 0 Å². The molecule has 13 heavy (non-hydrogen) atoms. The minimum Gasteiger partial charge on any atom is -0.543 e. The molecule has 0 aliphatic carbocycles. The second kappa shape index (κ2) is 2.55. The van der Waals surface area contributed by atoms with E-state index in [4.69, 9.17) is 0 Å². The fourth-order valence-electron chi connectivity index (χ4n) is 1.10. The van der Waals surface area contributed by atoms with Gasteiger partial charge >= 0.3 is 0 Å². The van der Waals surface area contributed by atoms with Crippen LogP contribution in [0, 0.1) is 5.95 Å². The molecule has 0 bridgehead atoms. The zero-order valence-corrected chi connectivity index (χ0v) is 6.40. The smallest absolute Gasteiger partial charge is 0.227 e. The van der Waals surface area contributed by atoms with E-state index in [0.717, 1.165) is 4.40 Å². The Balaban J connectivity index is 2.81. The molecule has 0 atom stereocenters. The van der Waals surface area contributed by atoms with E-state index in [1.165, 1.54) is 12.3 Å². The van der Waals surface area contributed by atoms with Crippen molar-refractivity contribution in [1.29, 1.82) is 0 Å². The molecule has 0 aliphatic heterocycles. The Morgan fingerprint density at radius 1 is 1.54 bits per heavy atom. The van der Waals surface area contributed by atoms with Gasteiger partial charge in [-0.05, 0) is 12.1 Å². The standard InChI is InChI=1S/C8H5FN2O2/c9-7-6(8(12)13)10-5-3-1-2-4-11(5)7/h1-4H,(H,12,13)/p-1. The lowest BCUT2D eigenvalue weighted by Gasteiger charge is -1.94. The number of aromatic carboxylic acids is 1. The van der Waals surface area contributed by atoms with E-state index < -0.39 is 17.6 Å². The zero-order chi connectivity index (χ0) is 9.42.